The number of carbonyl (C=O) groups is 1. The van der Waals surface area contributed by atoms with Crippen LogP contribution in [0.5, 0.6) is 0 Å². The van der Waals surface area contributed by atoms with E-state index in [1.807, 2.05) is 11.8 Å². The lowest BCUT2D eigenvalue weighted by molar-refractivity contribution is 0.121. The molecule has 0 spiro atoms. The first kappa shape index (κ1) is 19.8. The van der Waals surface area contributed by atoms with Gasteiger partial charge in [0.1, 0.15) is 6.61 Å². The summed E-state index contributed by atoms with van der Waals surface area (Å²) in [6.45, 7) is 0.452. The summed E-state index contributed by atoms with van der Waals surface area (Å²) in [6.07, 6.45) is -0.275. The monoisotopic (exact) mass is 419 g/mol. The van der Waals surface area contributed by atoms with Gasteiger partial charge in [0.05, 0.1) is 0 Å². The van der Waals surface area contributed by atoms with Gasteiger partial charge in [-0.2, -0.15) is 11.8 Å². The molecule has 3 aromatic rings. The number of carbonyl (C=O) groups excluding carboxylic acids is 1. The second-order valence-electron chi connectivity index (χ2n) is 7.47. The van der Waals surface area contributed by atoms with Gasteiger partial charge in [0.15, 0.2) is 8.07 Å². The molecular weight excluding hydrogens is 394 g/mol. The minimum atomic E-state index is -2.29. The number of thioether (sulfide) groups is 1. The van der Waals surface area contributed by atoms with E-state index in [-0.39, 0.29) is 6.09 Å². The van der Waals surface area contributed by atoms with E-state index < -0.39 is 8.07 Å². The van der Waals surface area contributed by atoms with Crippen molar-refractivity contribution in [1.82, 2.24) is 4.90 Å². The molecule has 29 heavy (non-hydrogen) atoms. The summed E-state index contributed by atoms with van der Waals surface area (Å²) in [5.74, 6) is 0. The van der Waals surface area contributed by atoms with Crippen molar-refractivity contribution in [2.24, 2.45) is 0 Å². The lowest BCUT2D eigenvalue weighted by Gasteiger charge is -2.33. The second-order valence-corrected chi connectivity index (χ2v) is 13.2. The van der Waals surface area contributed by atoms with E-state index in [2.05, 4.69) is 91.0 Å². The summed E-state index contributed by atoms with van der Waals surface area (Å²) in [5, 5.41) is 4.51. The molecule has 2 atom stereocenters. The Kier molecular flexibility index (Phi) is 5.78. The summed E-state index contributed by atoms with van der Waals surface area (Å²) >= 11 is 1.95. The Morgan fingerprint density at radius 1 is 0.828 bits per heavy atom. The van der Waals surface area contributed by atoms with Gasteiger partial charge in [-0.3, -0.25) is 0 Å². The molecule has 1 aliphatic rings. The van der Waals surface area contributed by atoms with Crippen LogP contribution in [0.3, 0.4) is 0 Å². The molecule has 3 aromatic carbocycles. The third-order valence-electron chi connectivity index (χ3n) is 5.43. The smallest absolute Gasteiger partial charge is 0.409 e. The van der Waals surface area contributed by atoms with Gasteiger partial charge in [0, 0.05) is 24.2 Å². The molecule has 3 nitrogen and oxygen atoms in total. The average Bonchev–Trinajstić information content (AvgIpc) is 3.55. The summed E-state index contributed by atoms with van der Waals surface area (Å²) in [5.41, 5.74) is 0. The van der Waals surface area contributed by atoms with Crippen LogP contribution >= 0.6 is 11.8 Å². The van der Waals surface area contributed by atoms with Gasteiger partial charge in [0.25, 0.3) is 0 Å². The Morgan fingerprint density at radius 2 is 1.24 bits per heavy atom. The van der Waals surface area contributed by atoms with E-state index in [1.165, 1.54) is 20.5 Å². The Morgan fingerprint density at radius 3 is 1.62 bits per heavy atom. The molecule has 1 aliphatic heterocycles. The summed E-state index contributed by atoms with van der Waals surface area (Å²) < 4.78 is 5.55. The Bertz CT molecular complexity index is 854. The Hall–Kier alpha value is -2.50. The fourth-order valence-electron chi connectivity index (χ4n) is 4.03. The van der Waals surface area contributed by atoms with Crippen molar-refractivity contribution >= 4 is 41.5 Å². The molecular formula is C24H25NO2SSi. The van der Waals surface area contributed by atoms with Crippen LogP contribution in [0.4, 0.5) is 4.79 Å². The molecule has 5 heteroatoms. The van der Waals surface area contributed by atoms with Crippen molar-refractivity contribution in [3.05, 3.63) is 91.0 Å². The van der Waals surface area contributed by atoms with Crippen molar-refractivity contribution < 1.29 is 9.53 Å². The highest BCUT2D eigenvalue weighted by atomic mass is 32.2. The van der Waals surface area contributed by atoms with E-state index in [0.29, 0.717) is 16.7 Å². The standard InChI is InChI=1S/C24H25NO2SSi/c1-25(2)24(26)27-18-22-23(28-22)29(19-12-6-3-7-13-19,20-14-8-4-9-15-20)21-16-10-5-11-17-21/h3-17,22-23H,18H2,1-2H3/t22-,23+/m0/s1. The van der Waals surface area contributed by atoms with E-state index >= 15 is 0 Å². The number of hydrogen-bond donors (Lipinski definition) is 0. The zero-order valence-corrected chi connectivity index (χ0v) is 18.5. The topological polar surface area (TPSA) is 29.5 Å². The molecule has 0 N–H and O–H groups in total. The van der Waals surface area contributed by atoms with E-state index in [4.69, 9.17) is 4.74 Å². The predicted molar refractivity (Wildman–Crippen MR) is 124 cm³/mol. The van der Waals surface area contributed by atoms with Gasteiger partial charge in [-0.15, -0.1) is 0 Å². The summed E-state index contributed by atoms with van der Waals surface area (Å²) in [6, 6.07) is 32.7. The van der Waals surface area contributed by atoms with Crippen molar-refractivity contribution in [3.8, 4) is 0 Å². The van der Waals surface area contributed by atoms with Crippen LogP contribution in [0.15, 0.2) is 91.0 Å². The minimum absolute atomic E-state index is 0.275. The maximum atomic E-state index is 11.9. The SMILES string of the molecule is CN(C)C(=O)OC[C@@H]1S[C@@H]1[Si](c1ccccc1)(c1ccccc1)c1ccccc1. The van der Waals surface area contributed by atoms with Crippen molar-refractivity contribution in [3.63, 3.8) is 0 Å². The maximum Gasteiger partial charge on any atom is 0.409 e. The molecule has 1 fully saturated rings. The first-order valence-electron chi connectivity index (χ1n) is 9.80. The van der Waals surface area contributed by atoms with Crippen LogP contribution in [-0.4, -0.2) is 49.9 Å². The largest absolute Gasteiger partial charge is 0.448 e. The highest BCUT2D eigenvalue weighted by molar-refractivity contribution is 8.10. The molecule has 1 saturated heterocycles. The number of rotatable bonds is 6. The number of hydrogen-bond acceptors (Lipinski definition) is 3. The zero-order chi connectivity index (χ0) is 20.3. The first-order valence-corrected chi connectivity index (χ1v) is 12.8. The fraction of sp³-hybridized carbons (Fsp3) is 0.208. The normalized spacial score (nSPS) is 18.1. The lowest BCUT2D eigenvalue weighted by Crippen LogP contribution is -2.71. The van der Waals surface area contributed by atoms with Gasteiger partial charge >= 0.3 is 6.09 Å². The molecule has 0 radical (unpaired) electrons. The number of benzene rings is 3. The lowest BCUT2D eigenvalue weighted by atomic mass is 10.3. The van der Waals surface area contributed by atoms with E-state index in [0.717, 1.165) is 0 Å². The van der Waals surface area contributed by atoms with Crippen molar-refractivity contribution in [2.75, 3.05) is 20.7 Å². The van der Waals surface area contributed by atoms with Crippen molar-refractivity contribution in [1.29, 1.82) is 0 Å². The third-order valence-corrected chi connectivity index (χ3v) is 13.2. The van der Waals surface area contributed by atoms with E-state index in [1.54, 1.807) is 14.1 Å². The van der Waals surface area contributed by atoms with Crippen LogP contribution in [0.1, 0.15) is 0 Å². The number of nitrogens with zero attached hydrogens (tertiary/aromatic N) is 1. The molecule has 0 aliphatic carbocycles. The van der Waals surface area contributed by atoms with Crippen LogP contribution in [0.2, 0.25) is 0 Å². The van der Waals surface area contributed by atoms with Crippen molar-refractivity contribution in [2.45, 2.75) is 10.1 Å². The summed E-state index contributed by atoms with van der Waals surface area (Å²) in [4.78, 5) is 13.9. The highest BCUT2D eigenvalue weighted by Crippen LogP contribution is 2.47. The molecule has 1 amide bonds. The minimum Gasteiger partial charge on any atom is -0.448 e. The van der Waals surface area contributed by atoms with Gasteiger partial charge in [-0.25, -0.2) is 4.79 Å². The molecule has 1 heterocycles. The molecule has 4 rings (SSSR count). The number of ether oxygens (including phenoxy) is 1. The molecule has 0 aromatic heterocycles. The van der Waals surface area contributed by atoms with Gasteiger partial charge in [0.2, 0.25) is 0 Å². The van der Waals surface area contributed by atoms with Crippen LogP contribution in [0.25, 0.3) is 0 Å². The summed E-state index contributed by atoms with van der Waals surface area (Å²) in [7, 11) is 1.14. The van der Waals surface area contributed by atoms with Crippen LogP contribution < -0.4 is 15.6 Å². The average molecular weight is 420 g/mol. The quantitative estimate of drug-likeness (QED) is 0.350. The zero-order valence-electron chi connectivity index (χ0n) is 16.7. The molecule has 0 bridgehead atoms. The van der Waals surface area contributed by atoms with Crippen LogP contribution in [-0.2, 0) is 4.74 Å². The Balaban J connectivity index is 1.79. The molecule has 0 saturated carbocycles. The highest BCUT2D eigenvalue weighted by Gasteiger charge is 2.58. The maximum absolute atomic E-state index is 11.9. The first-order chi connectivity index (χ1) is 14.1. The fourth-order valence-corrected chi connectivity index (χ4v) is 12.5. The van der Waals surface area contributed by atoms with Gasteiger partial charge in [-0.1, -0.05) is 91.0 Å². The molecule has 0 unspecified atom stereocenters. The predicted octanol–water partition coefficient (Wildman–Crippen LogP) is 2.88. The third kappa shape index (κ3) is 3.85. The molecule has 148 valence electrons. The van der Waals surface area contributed by atoms with Gasteiger partial charge < -0.3 is 9.64 Å². The van der Waals surface area contributed by atoms with E-state index in [9.17, 15) is 4.79 Å². The number of amides is 1. The second kappa shape index (κ2) is 8.47. The van der Waals surface area contributed by atoms with Crippen LogP contribution in [0, 0.1) is 0 Å². The van der Waals surface area contributed by atoms with Gasteiger partial charge in [-0.05, 0) is 15.6 Å². The Labute approximate surface area is 177 Å².